The fourth-order valence-corrected chi connectivity index (χ4v) is 3.52. The van der Waals surface area contributed by atoms with Crippen molar-refractivity contribution in [2.75, 3.05) is 13.6 Å². The van der Waals surface area contributed by atoms with Crippen LogP contribution in [-0.2, 0) is 22.6 Å². The smallest absolute Gasteiger partial charge is 0.225 e. The lowest BCUT2D eigenvalue weighted by Gasteiger charge is -2.37. The van der Waals surface area contributed by atoms with Crippen molar-refractivity contribution in [1.29, 1.82) is 0 Å². The van der Waals surface area contributed by atoms with E-state index in [1.54, 1.807) is 11.8 Å². The molecule has 0 aliphatic carbocycles. The Morgan fingerprint density at radius 2 is 1.76 bits per heavy atom. The molecule has 0 fully saturated rings. The van der Waals surface area contributed by atoms with E-state index in [0.29, 0.717) is 19.5 Å². The lowest BCUT2D eigenvalue weighted by atomic mass is 9.90. The van der Waals surface area contributed by atoms with E-state index in [0.717, 1.165) is 17.5 Å². The average Bonchev–Trinajstić information content (AvgIpc) is 2.62. The summed E-state index contributed by atoms with van der Waals surface area (Å²) in [7, 11) is 1.82. The van der Waals surface area contributed by atoms with Gasteiger partial charge in [0.2, 0.25) is 11.8 Å². The molecule has 0 N–H and O–H groups in total. The molecule has 2 aromatic rings. The van der Waals surface area contributed by atoms with Gasteiger partial charge in [-0.25, -0.2) is 0 Å². The fourth-order valence-electron chi connectivity index (χ4n) is 3.52. The second-order valence-corrected chi connectivity index (χ2v) is 6.62. The Morgan fingerprint density at radius 1 is 1.08 bits per heavy atom. The van der Waals surface area contributed by atoms with Crippen molar-refractivity contribution in [1.82, 2.24) is 9.80 Å². The first kappa shape index (κ1) is 17.2. The van der Waals surface area contributed by atoms with Crippen LogP contribution in [0.15, 0.2) is 54.6 Å². The zero-order valence-electron chi connectivity index (χ0n) is 14.8. The molecule has 1 aliphatic rings. The van der Waals surface area contributed by atoms with Crippen molar-refractivity contribution in [3.05, 3.63) is 71.3 Å². The minimum Gasteiger partial charge on any atom is -0.341 e. The maximum Gasteiger partial charge on any atom is 0.225 e. The third kappa shape index (κ3) is 3.90. The third-order valence-electron chi connectivity index (χ3n) is 4.87. The molecule has 0 spiro atoms. The van der Waals surface area contributed by atoms with E-state index in [1.165, 1.54) is 5.56 Å². The van der Waals surface area contributed by atoms with Gasteiger partial charge < -0.3 is 9.80 Å². The molecule has 0 bridgehead atoms. The highest BCUT2D eigenvalue weighted by atomic mass is 16.2. The molecule has 0 saturated heterocycles. The zero-order chi connectivity index (χ0) is 17.8. The highest BCUT2D eigenvalue weighted by molar-refractivity contribution is 5.79. The number of hydrogen-bond acceptors (Lipinski definition) is 2. The molecule has 2 aromatic carbocycles. The van der Waals surface area contributed by atoms with Gasteiger partial charge in [-0.2, -0.15) is 0 Å². The Morgan fingerprint density at radius 3 is 2.48 bits per heavy atom. The summed E-state index contributed by atoms with van der Waals surface area (Å²) in [6, 6.07) is 17.9. The molecular formula is C21H24N2O2. The number of rotatable bonds is 4. The van der Waals surface area contributed by atoms with Crippen LogP contribution in [0.25, 0.3) is 0 Å². The number of fused-ring (bicyclic) bond motifs is 1. The van der Waals surface area contributed by atoms with Crippen LogP contribution in [0.1, 0.15) is 36.1 Å². The number of benzene rings is 2. The molecule has 1 aliphatic heterocycles. The minimum atomic E-state index is -0.173. The molecule has 0 radical (unpaired) electrons. The third-order valence-corrected chi connectivity index (χ3v) is 4.87. The van der Waals surface area contributed by atoms with Crippen LogP contribution in [0, 0.1) is 0 Å². The quantitative estimate of drug-likeness (QED) is 0.860. The standard InChI is InChI=1S/C21H24N2O2/c1-16(24)23-13-12-18-10-6-7-11-19(18)20(23)14-21(25)22(2)15-17-8-4-3-5-9-17/h3-11,20H,12-15H2,1-2H3. The lowest BCUT2D eigenvalue weighted by Crippen LogP contribution is -2.41. The van der Waals surface area contributed by atoms with Gasteiger partial charge in [-0.05, 0) is 23.1 Å². The van der Waals surface area contributed by atoms with Crippen molar-refractivity contribution >= 4 is 11.8 Å². The number of hydrogen-bond donors (Lipinski definition) is 0. The highest BCUT2D eigenvalue weighted by Crippen LogP contribution is 2.32. The van der Waals surface area contributed by atoms with E-state index < -0.39 is 0 Å². The first-order valence-electron chi connectivity index (χ1n) is 8.69. The second-order valence-electron chi connectivity index (χ2n) is 6.62. The first-order valence-corrected chi connectivity index (χ1v) is 8.69. The van der Waals surface area contributed by atoms with Crippen LogP contribution in [0.5, 0.6) is 0 Å². The van der Waals surface area contributed by atoms with Gasteiger partial charge in [-0.3, -0.25) is 9.59 Å². The normalized spacial score (nSPS) is 16.2. The van der Waals surface area contributed by atoms with Crippen LogP contribution in [0.3, 0.4) is 0 Å². The Kier molecular flexibility index (Phi) is 5.17. The van der Waals surface area contributed by atoms with E-state index >= 15 is 0 Å². The summed E-state index contributed by atoms with van der Waals surface area (Å²) in [5.74, 6) is 0.0785. The average molecular weight is 336 g/mol. The topological polar surface area (TPSA) is 40.6 Å². The number of carbonyl (C=O) groups is 2. The molecule has 1 atom stereocenters. The molecule has 0 aromatic heterocycles. The highest BCUT2D eigenvalue weighted by Gasteiger charge is 2.31. The van der Waals surface area contributed by atoms with Crippen LogP contribution in [0.2, 0.25) is 0 Å². The summed E-state index contributed by atoms with van der Waals surface area (Å²) in [4.78, 5) is 28.4. The molecule has 25 heavy (non-hydrogen) atoms. The van der Waals surface area contributed by atoms with Crippen molar-refractivity contribution < 1.29 is 9.59 Å². The summed E-state index contributed by atoms with van der Waals surface area (Å²) in [6.07, 6.45) is 1.17. The van der Waals surface area contributed by atoms with Crippen molar-refractivity contribution in [2.45, 2.75) is 32.4 Å². The van der Waals surface area contributed by atoms with Gasteiger partial charge in [0.15, 0.2) is 0 Å². The molecular weight excluding hydrogens is 312 g/mol. The lowest BCUT2D eigenvalue weighted by molar-refractivity contribution is -0.136. The molecule has 0 saturated carbocycles. The summed E-state index contributed by atoms with van der Waals surface area (Å²) in [6.45, 7) is 2.83. The first-order chi connectivity index (χ1) is 12.1. The Balaban J connectivity index is 1.76. The monoisotopic (exact) mass is 336 g/mol. The van der Waals surface area contributed by atoms with Gasteiger partial charge in [-0.1, -0.05) is 54.6 Å². The minimum absolute atomic E-state index is 0.0259. The molecule has 4 nitrogen and oxygen atoms in total. The maximum atomic E-state index is 12.8. The molecule has 4 heteroatoms. The van der Waals surface area contributed by atoms with E-state index in [9.17, 15) is 9.59 Å². The molecule has 1 unspecified atom stereocenters. The Labute approximate surface area is 149 Å². The SMILES string of the molecule is CC(=O)N1CCc2ccccc2C1CC(=O)N(C)Cc1ccccc1. The summed E-state index contributed by atoms with van der Waals surface area (Å²) < 4.78 is 0. The number of nitrogens with zero attached hydrogens (tertiary/aromatic N) is 2. The van der Waals surface area contributed by atoms with Crippen molar-refractivity contribution in [3.8, 4) is 0 Å². The molecule has 1 heterocycles. The van der Waals surface area contributed by atoms with Gasteiger partial charge in [0.05, 0.1) is 12.5 Å². The zero-order valence-corrected chi connectivity index (χ0v) is 14.8. The van der Waals surface area contributed by atoms with Crippen LogP contribution >= 0.6 is 0 Å². The summed E-state index contributed by atoms with van der Waals surface area (Å²) in [5.41, 5.74) is 3.44. The van der Waals surface area contributed by atoms with E-state index in [2.05, 4.69) is 6.07 Å². The second kappa shape index (κ2) is 7.51. The van der Waals surface area contributed by atoms with Gasteiger partial charge in [0.25, 0.3) is 0 Å². The van der Waals surface area contributed by atoms with Gasteiger partial charge in [-0.15, -0.1) is 0 Å². The van der Waals surface area contributed by atoms with Crippen LogP contribution < -0.4 is 0 Å². The van der Waals surface area contributed by atoms with Crippen LogP contribution in [0.4, 0.5) is 0 Å². The van der Waals surface area contributed by atoms with E-state index in [1.807, 2.05) is 60.5 Å². The number of carbonyl (C=O) groups excluding carboxylic acids is 2. The fraction of sp³-hybridized carbons (Fsp3) is 0.333. The largest absolute Gasteiger partial charge is 0.341 e. The molecule has 2 amide bonds. The van der Waals surface area contributed by atoms with Gasteiger partial charge in [0.1, 0.15) is 0 Å². The number of amides is 2. The van der Waals surface area contributed by atoms with Crippen molar-refractivity contribution in [2.24, 2.45) is 0 Å². The van der Waals surface area contributed by atoms with Crippen LogP contribution in [-0.4, -0.2) is 35.2 Å². The maximum absolute atomic E-state index is 12.8. The summed E-state index contributed by atoms with van der Waals surface area (Å²) >= 11 is 0. The van der Waals surface area contributed by atoms with Gasteiger partial charge in [0, 0.05) is 27.1 Å². The van der Waals surface area contributed by atoms with E-state index in [-0.39, 0.29) is 17.9 Å². The molecule has 3 rings (SSSR count). The predicted molar refractivity (Wildman–Crippen MR) is 97.8 cm³/mol. The predicted octanol–water partition coefficient (Wildman–Crippen LogP) is 3.18. The molecule has 130 valence electrons. The Hall–Kier alpha value is -2.62. The summed E-state index contributed by atoms with van der Waals surface area (Å²) in [5, 5.41) is 0. The van der Waals surface area contributed by atoms with Gasteiger partial charge >= 0.3 is 0 Å². The van der Waals surface area contributed by atoms with Crippen molar-refractivity contribution in [3.63, 3.8) is 0 Å². The Bertz CT molecular complexity index is 758. The van der Waals surface area contributed by atoms with E-state index in [4.69, 9.17) is 0 Å².